The molecule has 0 aliphatic carbocycles. The third-order valence-corrected chi connectivity index (χ3v) is 6.29. The van der Waals surface area contributed by atoms with Gasteiger partial charge in [-0.3, -0.25) is 19.3 Å². The van der Waals surface area contributed by atoms with E-state index in [1.165, 1.54) is 40.0 Å². The Morgan fingerprint density at radius 1 is 0.892 bits per heavy atom. The van der Waals surface area contributed by atoms with E-state index in [0.717, 1.165) is 11.1 Å². The van der Waals surface area contributed by atoms with Crippen molar-refractivity contribution >= 4 is 23.3 Å². The molecule has 0 spiro atoms. The SMILES string of the molecule is CN1CN(C(c2ccccc2)c2ccccc2)n2cc(Nc3ccc(C(=O)O)cc3)c(=O)c(O)c2C1=O. The summed E-state index contributed by atoms with van der Waals surface area (Å²) in [7, 11) is 1.62. The summed E-state index contributed by atoms with van der Waals surface area (Å²) in [4.78, 5) is 38.8. The first-order chi connectivity index (χ1) is 17.8. The molecular formula is C28H24N4O5. The minimum absolute atomic E-state index is 0.0338. The lowest BCUT2D eigenvalue weighted by molar-refractivity contribution is 0.0694. The number of nitrogens with one attached hydrogen (secondary N) is 1. The van der Waals surface area contributed by atoms with Gasteiger partial charge in [-0.2, -0.15) is 0 Å². The Morgan fingerprint density at radius 3 is 2.00 bits per heavy atom. The molecule has 0 radical (unpaired) electrons. The number of pyridine rings is 1. The minimum Gasteiger partial charge on any atom is -0.502 e. The molecule has 1 amide bonds. The Hall–Kier alpha value is -5.05. The highest BCUT2D eigenvalue weighted by atomic mass is 16.4. The fourth-order valence-electron chi connectivity index (χ4n) is 4.48. The van der Waals surface area contributed by atoms with Crippen molar-refractivity contribution in [3.63, 3.8) is 0 Å². The molecule has 0 bridgehead atoms. The van der Waals surface area contributed by atoms with Crippen molar-refractivity contribution in [1.29, 1.82) is 0 Å². The Morgan fingerprint density at radius 2 is 1.46 bits per heavy atom. The van der Waals surface area contributed by atoms with Gasteiger partial charge in [0.15, 0.2) is 11.4 Å². The monoisotopic (exact) mass is 496 g/mol. The molecular weight excluding hydrogens is 472 g/mol. The highest BCUT2D eigenvalue weighted by Gasteiger charge is 2.36. The third kappa shape index (κ3) is 4.38. The van der Waals surface area contributed by atoms with Crippen molar-refractivity contribution in [1.82, 2.24) is 9.58 Å². The second-order valence-corrected chi connectivity index (χ2v) is 8.73. The second-order valence-electron chi connectivity index (χ2n) is 8.73. The number of aromatic nitrogens is 1. The van der Waals surface area contributed by atoms with Crippen molar-refractivity contribution < 1.29 is 19.8 Å². The van der Waals surface area contributed by atoms with Crippen LogP contribution in [0.2, 0.25) is 0 Å². The number of carboxylic acids is 1. The molecule has 9 nitrogen and oxygen atoms in total. The van der Waals surface area contributed by atoms with E-state index in [1.54, 1.807) is 7.05 Å². The summed E-state index contributed by atoms with van der Waals surface area (Å²) in [5.74, 6) is -2.22. The topological polar surface area (TPSA) is 115 Å². The number of carboxylic acid groups (broad SMARTS) is 1. The Balaban J connectivity index is 1.66. The molecule has 5 rings (SSSR count). The van der Waals surface area contributed by atoms with Crippen LogP contribution >= 0.6 is 0 Å². The lowest BCUT2D eigenvalue weighted by Crippen LogP contribution is -2.54. The number of hydrogen-bond acceptors (Lipinski definition) is 6. The maximum Gasteiger partial charge on any atom is 0.335 e. The van der Waals surface area contributed by atoms with E-state index >= 15 is 0 Å². The van der Waals surface area contributed by atoms with Gasteiger partial charge in [-0.05, 0) is 35.4 Å². The molecule has 3 aromatic carbocycles. The fraction of sp³-hybridized carbons (Fsp3) is 0.107. The first-order valence-corrected chi connectivity index (χ1v) is 11.6. The summed E-state index contributed by atoms with van der Waals surface area (Å²) in [6.07, 6.45) is 1.49. The largest absolute Gasteiger partial charge is 0.502 e. The van der Waals surface area contributed by atoms with Gasteiger partial charge < -0.3 is 20.4 Å². The summed E-state index contributed by atoms with van der Waals surface area (Å²) >= 11 is 0. The number of rotatable bonds is 6. The van der Waals surface area contributed by atoms with Crippen molar-refractivity contribution in [3.05, 3.63) is 124 Å². The third-order valence-electron chi connectivity index (χ3n) is 6.29. The molecule has 0 unspecified atom stereocenters. The molecule has 1 aliphatic heterocycles. The fourth-order valence-corrected chi connectivity index (χ4v) is 4.48. The number of amides is 1. The zero-order valence-corrected chi connectivity index (χ0v) is 19.9. The molecule has 37 heavy (non-hydrogen) atoms. The van der Waals surface area contributed by atoms with Crippen LogP contribution in [0.15, 0.2) is 95.9 Å². The standard InChI is InChI=1S/C28H24N4O5/c1-30-17-32(23(18-8-4-2-5-9-18)19-10-6-3-7-11-19)31-16-22(25(33)26(34)24(31)27(30)35)29-21-14-12-20(13-15-21)28(36)37/h2-16,23,29,34H,17H2,1H3,(H,36,37). The highest BCUT2D eigenvalue weighted by Crippen LogP contribution is 2.32. The van der Waals surface area contributed by atoms with E-state index in [-0.39, 0.29) is 29.7 Å². The normalized spacial score (nSPS) is 13.0. The van der Waals surface area contributed by atoms with Crippen molar-refractivity contribution in [2.24, 2.45) is 0 Å². The first-order valence-electron chi connectivity index (χ1n) is 11.6. The van der Waals surface area contributed by atoms with Gasteiger partial charge in [0.1, 0.15) is 12.4 Å². The molecule has 0 saturated heterocycles. The van der Waals surface area contributed by atoms with E-state index < -0.39 is 23.1 Å². The number of benzene rings is 3. The molecule has 1 aromatic heterocycles. The zero-order valence-electron chi connectivity index (χ0n) is 19.9. The molecule has 1 aliphatic rings. The summed E-state index contributed by atoms with van der Waals surface area (Å²) in [5.41, 5.74) is 1.63. The number of fused-ring (bicyclic) bond motifs is 1. The minimum atomic E-state index is -1.07. The van der Waals surface area contributed by atoms with E-state index in [4.69, 9.17) is 5.11 Å². The second kappa shape index (κ2) is 9.54. The quantitative estimate of drug-likeness (QED) is 0.372. The number of anilines is 2. The van der Waals surface area contributed by atoms with Gasteiger partial charge in [-0.15, -0.1) is 0 Å². The van der Waals surface area contributed by atoms with Gasteiger partial charge in [0.05, 0.1) is 17.8 Å². The van der Waals surface area contributed by atoms with Gasteiger partial charge in [-0.25, -0.2) is 4.79 Å². The van der Waals surface area contributed by atoms with Crippen LogP contribution in [0.4, 0.5) is 11.4 Å². The molecule has 3 N–H and O–H groups in total. The van der Waals surface area contributed by atoms with Crippen LogP contribution in [0.5, 0.6) is 5.75 Å². The molecule has 0 fully saturated rings. The average Bonchev–Trinajstić information content (AvgIpc) is 2.91. The predicted octanol–water partition coefficient (Wildman–Crippen LogP) is 3.77. The molecule has 9 heteroatoms. The van der Waals surface area contributed by atoms with Crippen LogP contribution in [0.3, 0.4) is 0 Å². The maximum atomic E-state index is 13.1. The number of nitrogens with zero attached hydrogens (tertiary/aromatic N) is 3. The molecule has 0 saturated carbocycles. The summed E-state index contributed by atoms with van der Waals surface area (Å²) in [6.45, 7) is 0.190. The van der Waals surface area contributed by atoms with E-state index in [9.17, 15) is 19.5 Å². The van der Waals surface area contributed by atoms with Crippen LogP contribution < -0.4 is 15.8 Å². The lowest BCUT2D eigenvalue weighted by Gasteiger charge is -2.43. The van der Waals surface area contributed by atoms with Gasteiger partial charge in [-0.1, -0.05) is 60.7 Å². The Kier molecular flexibility index (Phi) is 6.10. The molecule has 186 valence electrons. The van der Waals surface area contributed by atoms with Crippen LogP contribution in [-0.4, -0.2) is 45.4 Å². The smallest absolute Gasteiger partial charge is 0.335 e. The number of aromatic hydroxyl groups is 1. The van der Waals surface area contributed by atoms with E-state index in [2.05, 4.69) is 5.32 Å². The average molecular weight is 497 g/mol. The Labute approximate surface area is 212 Å². The molecule has 0 atom stereocenters. The van der Waals surface area contributed by atoms with Gasteiger partial charge in [0.25, 0.3) is 5.91 Å². The highest BCUT2D eigenvalue weighted by molar-refractivity contribution is 5.96. The van der Waals surface area contributed by atoms with Crippen LogP contribution in [0.1, 0.15) is 38.0 Å². The number of carbonyl (C=O) groups is 2. The predicted molar refractivity (Wildman–Crippen MR) is 139 cm³/mol. The molecule has 4 aromatic rings. The maximum absolute atomic E-state index is 13.1. The van der Waals surface area contributed by atoms with Crippen molar-refractivity contribution in [2.75, 3.05) is 24.0 Å². The van der Waals surface area contributed by atoms with Crippen LogP contribution in [0.25, 0.3) is 0 Å². The lowest BCUT2D eigenvalue weighted by atomic mass is 9.98. The van der Waals surface area contributed by atoms with Gasteiger partial charge in [0.2, 0.25) is 5.43 Å². The Bertz CT molecular complexity index is 1480. The van der Waals surface area contributed by atoms with E-state index in [1.807, 2.05) is 65.7 Å². The first kappa shape index (κ1) is 23.7. The van der Waals surface area contributed by atoms with Crippen LogP contribution in [0, 0.1) is 0 Å². The zero-order chi connectivity index (χ0) is 26.1. The van der Waals surface area contributed by atoms with Crippen LogP contribution in [-0.2, 0) is 0 Å². The molecule has 2 heterocycles. The summed E-state index contributed by atoms with van der Waals surface area (Å²) in [5, 5.41) is 24.9. The van der Waals surface area contributed by atoms with E-state index in [0.29, 0.717) is 5.69 Å². The van der Waals surface area contributed by atoms with Crippen molar-refractivity contribution in [3.8, 4) is 5.75 Å². The van der Waals surface area contributed by atoms with Gasteiger partial charge in [0, 0.05) is 12.7 Å². The summed E-state index contributed by atoms with van der Waals surface area (Å²) in [6, 6.07) is 25.0. The number of aromatic carboxylic acids is 1. The number of hydrogen-bond donors (Lipinski definition) is 3. The number of carbonyl (C=O) groups excluding carboxylic acids is 1. The van der Waals surface area contributed by atoms with Gasteiger partial charge >= 0.3 is 5.97 Å². The summed E-state index contributed by atoms with van der Waals surface area (Å²) < 4.78 is 1.53. The van der Waals surface area contributed by atoms with Crippen molar-refractivity contribution in [2.45, 2.75) is 6.04 Å².